The first-order chi connectivity index (χ1) is 13.4. The summed E-state index contributed by atoms with van der Waals surface area (Å²) in [5.74, 6) is -0.588. The molecule has 0 unspecified atom stereocenters. The van der Waals surface area contributed by atoms with E-state index in [1.165, 1.54) is 12.0 Å². The van der Waals surface area contributed by atoms with Crippen LogP contribution >= 0.6 is 0 Å². The maximum Gasteiger partial charge on any atom is 0.332 e. The van der Waals surface area contributed by atoms with Crippen LogP contribution in [0, 0.1) is 13.8 Å². The van der Waals surface area contributed by atoms with Gasteiger partial charge in [0.1, 0.15) is 5.70 Å². The van der Waals surface area contributed by atoms with Gasteiger partial charge in [-0.3, -0.25) is 4.79 Å². The Morgan fingerprint density at radius 3 is 2.57 bits per heavy atom. The highest BCUT2D eigenvalue weighted by Gasteiger charge is 2.35. The fraction of sp³-hybridized carbons (Fsp3) is 0.250. The molecule has 0 atom stereocenters. The molecule has 1 aromatic heterocycles. The molecule has 1 N–H and O–H groups in total. The lowest BCUT2D eigenvalue weighted by Crippen LogP contribution is -2.33. The van der Waals surface area contributed by atoms with Crippen molar-refractivity contribution in [3.63, 3.8) is 0 Å². The third kappa shape index (κ3) is 3.90. The van der Waals surface area contributed by atoms with Gasteiger partial charge in [-0.25, -0.2) is 19.7 Å². The number of aryl methyl sites for hydroxylation is 3. The number of ether oxygens (including phenoxy) is 1. The Hall–Kier alpha value is -3.55. The van der Waals surface area contributed by atoms with Crippen LogP contribution in [-0.2, 0) is 20.7 Å². The Bertz CT molecular complexity index is 977. The van der Waals surface area contributed by atoms with Gasteiger partial charge >= 0.3 is 5.97 Å². The van der Waals surface area contributed by atoms with Crippen molar-refractivity contribution >= 4 is 29.5 Å². The number of aliphatic imine (C=N–C) groups is 1. The highest BCUT2D eigenvalue weighted by atomic mass is 16.5. The first kappa shape index (κ1) is 19.2. The van der Waals surface area contributed by atoms with Crippen LogP contribution in [0.2, 0.25) is 0 Å². The number of nitrogens with zero attached hydrogens (tertiary/aromatic N) is 4. The zero-order chi connectivity index (χ0) is 20.3. The molecule has 2 heterocycles. The van der Waals surface area contributed by atoms with Gasteiger partial charge in [0.05, 0.1) is 18.9 Å². The molecule has 1 aliphatic rings. The molecular weight excluding hydrogens is 358 g/mol. The lowest BCUT2D eigenvalue weighted by atomic mass is 10.1. The van der Waals surface area contributed by atoms with Crippen molar-refractivity contribution in [2.75, 3.05) is 12.0 Å². The second-order valence-corrected chi connectivity index (χ2v) is 6.22. The molecule has 1 aromatic carbocycles. The van der Waals surface area contributed by atoms with Crippen molar-refractivity contribution in [3.8, 4) is 0 Å². The van der Waals surface area contributed by atoms with Crippen LogP contribution in [-0.4, -0.2) is 34.9 Å². The van der Waals surface area contributed by atoms with Crippen LogP contribution < -0.4 is 10.2 Å². The average molecular weight is 379 g/mol. The second kappa shape index (κ2) is 7.99. The summed E-state index contributed by atoms with van der Waals surface area (Å²) in [6, 6.07) is 9.36. The van der Waals surface area contributed by atoms with Gasteiger partial charge in [-0.2, -0.15) is 4.99 Å². The van der Waals surface area contributed by atoms with Crippen molar-refractivity contribution in [2.45, 2.75) is 27.2 Å². The molecule has 1 saturated heterocycles. The standard InChI is InChI=1S/C20H21N5O3/c1-5-14-8-6-7-9-16(14)25-18(27)15(11-17(26)28-4)23-20(25)24-19-21-12(2)10-13(3)22-19/h6-11H,5H2,1-4H3,(H,21,22,23,24)/b15-11+. The predicted molar refractivity (Wildman–Crippen MR) is 105 cm³/mol. The molecule has 1 amide bonds. The summed E-state index contributed by atoms with van der Waals surface area (Å²) in [7, 11) is 1.25. The van der Waals surface area contributed by atoms with E-state index in [-0.39, 0.29) is 17.6 Å². The number of hydrogen-bond acceptors (Lipinski definition) is 6. The van der Waals surface area contributed by atoms with Gasteiger partial charge in [0.15, 0.2) is 0 Å². The minimum atomic E-state index is -0.636. The van der Waals surface area contributed by atoms with Crippen molar-refractivity contribution in [1.29, 1.82) is 0 Å². The SMILES string of the molecule is CCc1ccccc1N1C(=O)/C(=C\C(=O)OC)NC1=Nc1nc(C)cc(C)n1. The van der Waals surface area contributed by atoms with Gasteiger partial charge in [-0.05, 0) is 38.0 Å². The minimum absolute atomic E-state index is 0.0703. The number of rotatable bonds is 4. The van der Waals surface area contributed by atoms with Crippen molar-refractivity contribution < 1.29 is 14.3 Å². The first-order valence-corrected chi connectivity index (χ1v) is 8.83. The van der Waals surface area contributed by atoms with Crippen molar-refractivity contribution in [1.82, 2.24) is 15.3 Å². The fourth-order valence-corrected chi connectivity index (χ4v) is 2.90. The Kier molecular flexibility index (Phi) is 5.49. The van der Waals surface area contributed by atoms with E-state index in [0.717, 1.165) is 29.4 Å². The summed E-state index contributed by atoms with van der Waals surface area (Å²) in [4.78, 5) is 39.2. The van der Waals surface area contributed by atoms with Crippen LogP contribution in [0.5, 0.6) is 0 Å². The summed E-state index contributed by atoms with van der Waals surface area (Å²) in [6.45, 7) is 5.69. The van der Waals surface area contributed by atoms with E-state index in [1.807, 2.05) is 51.1 Å². The molecule has 0 radical (unpaired) electrons. The number of carbonyl (C=O) groups excluding carboxylic acids is 2. The summed E-state index contributed by atoms with van der Waals surface area (Å²) in [6.07, 6.45) is 1.83. The van der Waals surface area contributed by atoms with Gasteiger partial charge in [-0.15, -0.1) is 0 Å². The smallest absolute Gasteiger partial charge is 0.332 e. The van der Waals surface area contributed by atoms with E-state index in [9.17, 15) is 9.59 Å². The second-order valence-electron chi connectivity index (χ2n) is 6.22. The quantitative estimate of drug-likeness (QED) is 0.647. The summed E-state index contributed by atoms with van der Waals surface area (Å²) in [5.41, 5.74) is 3.25. The number of esters is 1. The molecule has 28 heavy (non-hydrogen) atoms. The Morgan fingerprint density at radius 2 is 1.93 bits per heavy atom. The topological polar surface area (TPSA) is 96.8 Å². The van der Waals surface area contributed by atoms with E-state index in [0.29, 0.717) is 5.69 Å². The molecule has 1 aliphatic heterocycles. The molecule has 0 aliphatic carbocycles. The summed E-state index contributed by atoms with van der Waals surface area (Å²) in [5, 5.41) is 2.90. The zero-order valence-electron chi connectivity index (χ0n) is 16.2. The van der Waals surface area contributed by atoms with E-state index < -0.39 is 11.9 Å². The van der Waals surface area contributed by atoms with Crippen LogP contribution in [0.4, 0.5) is 11.6 Å². The van der Waals surface area contributed by atoms with Gasteiger partial charge in [-0.1, -0.05) is 25.1 Å². The van der Waals surface area contributed by atoms with Gasteiger partial charge in [0.25, 0.3) is 11.9 Å². The van der Waals surface area contributed by atoms with E-state index >= 15 is 0 Å². The summed E-state index contributed by atoms with van der Waals surface area (Å²) >= 11 is 0. The maximum absolute atomic E-state index is 13.0. The number of guanidine groups is 1. The molecule has 8 nitrogen and oxygen atoms in total. The number of amides is 1. The third-order valence-corrected chi connectivity index (χ3v) is 4.14. The number of anilines is 1. The summed E-state index contributed by atoms with van der Waals surface area (Å²) < 4.78 is 4.64. The number of carbonyl (C=O) groups is 2. The molecule has 8 heteroatoms. The van der Waals surface area contributed by atoms with Crippen LogP contribution in [0.3, 0.4) is 0 Å². The van der Waals surface area contributed by atoms with E-state index in [2.05, 4.69) is 25.0 Å². The minimum Gasteiger partial charge on any atom is -0.466 e. The highest BCUT2D eigenvalue weighted by molar-refractivity contribution is 6.29. The number of benzene rings is 1. The fourth-order valence-electron chi connectivity index (χ4n) is 2.90. The zero-order valence-corrected chi connectivity index (χ0v) is 16.2. The maximum atomic E-state index is 13.0. The lowest BCUT2D eigenvalue weighted by molar-refractivity contribution is -0.135. The number of nitrogens with one attached hydrogen (secondary N) is 1. The Labute approximate surface area is 163 Å². The molecule has 2 aromatic rings. The molecule has 0 spiro atoms. The number of para-hydroxylation sites is 1. The van der Waals surface area contributed by atoms with Crippen LogP contribution in [0.25, 0.3) is 0 Å². The largest absolute Gasteiger partial charge is 0.466 e. The Morgan fingerprint density at radius 1 is 1.25 bits per heavy atom. The Balaban J connectivity index is 2.14. The highest BCUT2D eigenvalue weighted by Crippen LogP contribution is 2.26. The molecule has 3 rings (SSSR count). The number of hydrogen-bond donors (Lipinski definition) is 1. The van der Waals surface area contributed by atoms with Crippen LogP contribution in [0.15, 0.2) is 47.1 Å². The van der Waals surface area contributed by atoms with Gasteiger partial charge < -0.3 is 10.1 Å². The van der Waals surface area contributed by atoms with Gasteiger partial charge in [0, 0.05) is 11.4 Å². The monoisotopic (exact) mass is 379 g/mol. The van der Waals surface area contributed by atoms with E-state index in [4.69, 9.17) is 0 Å². The number of methoxy groups -OCH3 is 1. The normalized spacial score (nSPS) is 16.6. The molecular formula is C20H21N5O3. The average Bonchev–Trinajstić information content (AvgIpc) is 2.95. The third-order valence-electron chi connectivity index (χ3n) is 4.14. The first-order valence-electron chi connectivity index (χ1n) is 8.83. The molecule has 0 bridgehead atoms. The molecule has 0 saturated carbocycles. The predicted octanol–water partition coefficient (Wildman–Crippen LogP) is 2.34. The van der Waals surface area contributed by atoms with Crippen molar-refractivity contribution in [3.05, 3.63) is 59.1 Å². The van der Waals surface area contributed by atoms with Crippen molar-refractivity contribution in [2.24, 2.45) is 4.99 Å². The van der Waals surface area contributed by atoms with E-state index in [1.54, 1.807) is 0 Å². The number of aromatic nitrogens is 2. The lowest BCUT2D eigenvalue weighted by Gasteiger charge is -2.18. The molecule has 1 fully saturated rings. The van der Waals surface area contributed by atoms with Crippen LogP contribution in [0.1, 0.15) is 23.9 Å². The molecule has 144 valence electrons. The van der Waals surface area contributed by atoms with Gasteiger partial charge in [0.2, 0.25) is 5.96 Å².